The molecule has 2 aliphatic heterocycles. The summed E-state index contributed by atoms with van der Waals surface area (Å²) >= 11 is 12.2. The number of benzene rings is 2. The molecule has 39 heavy (non-hydrogen) atoms. The van der Waals surface area contributed by atoms with Crippen LogP contribution in [0.25, 0.3) is 11.1 Å². The number of ether oxygens (including phenoxy) is 1. The summed E-state index contributed by atoms with van der Waals surface area (Å²) in [6, 6.07) is 16.3. The molecule has 206 valence electrons. The number of carbonyl (C=O) groups excluding carboxylic acids is 1. The lowest BCUT2D eigenvalue weighted by Crippen LogP contribution is -2.55. The zero-order valence-electron chi connectivity index (χ0n) is 21.4. The summed E-state index contributed by atoms with van der Waals surface area (Å²) in [6.07, 6.45) is 1.52. The topological polar surface area (TPSA) is 100 Å². The summed E-state index contributed by atoms with van der Waals surface area (Å²) in [6.45, 7) is 0.858. The van der Waals surface area contributed by atoms with Gasteiger partial charge in [-0.3, -0.25) is 14.7 Å². The maximum Gasteiger partial charge on any atom is 0.257 e. The van der Waals surface area contributed by atoms with Gasteiger partial charge in [0.1, 0.15) is 0 Å². The van der Waals surface area contributed by atoms with Crippen molar-refractivity contribution in [1.29, 1.82) is 0 Å². The summed E-state index contributed by atoms with van der Waals surface area (Å²) in [4.78, 5) is 22.3. The van der Waals surface area contributed by atoms with Crippen molar-refractivity contribution in [1.82, 2.24) is 14.8 Å². The number of sulfone groups is 1. The summed E-state index contributed by atoms with van der Waals surface area (Å²) < 4.78 is 30.3. The van der Waals surface area contributed by atoms with Crippen molar-refractivity contribution in [3.05, 3.63) is 87.7 Å². The van der Waals surface area contributed by atoms with E-state index in [0.717, 1.165) is 11.1 Å². The van der Waals surface area contributed by atoms with Gasteiger partial charge in [-0.1, -0.05) is 53.5 Å². The maximum absolute atomic E-state index is 14.3. The zero-order valence-corrected chi connectivity index (χ0v) is 23.7. The van der Waals surface area contributed by atoms with Crippen LogP contribution in [0.3, 0.4) is 0 Å². The second kappa shape index (κ2) is 11.2. The molecule has 2 atom stereocenters. The molecule has 1 aromatic heterocycles. The monoisotopic (exact) mass is 589 g/mol. The Morgan fingerprint density at radius 1 is 1.05 bits per heavy atom. The van der Waals surface area contributed by atoms with E-state index in [1.807, 2.05) is 35.2 Å². The van der Waals surface area contributed by atoms with Gasteiger partial charge in [-0.25, -0.2) is 8.42 Å². The number of amides is 1. The Kier molecular flexibility index (Phi) is 8.01. The van der Waals surface area contributed by atoms with E-state index in [4.69, 9.17) is 27.9 Å². The van der Waals surface area contributed by atoms with Gasteiger partial charge in [-0.05, 0) is 35.4 Å². The molecule has 1 fully saturated rings. The molecule has 0 spiro atoms. The van der Waals surface area contributed by atoms with Crippen molar-refractivity contribution in [2.24, 2.45) is 5.92 Å². The molecule has 1 amide bonds. The van der Waals surface area contributed by atoms with Gasteiger partial charge >= 0.3 is 0 Å². The first-order chi connectivity index (χ1) is 18.7. The van der Waals surface area contributed by atoms with Crippen LogP contribution in [0.5, 0.6) is 0 Å². The minimum Gasteiger partial charge on any atom is -0.396 e. The minimum atomic E-state index is -3.08. The van der Waals surface area contributed by atoms with Crippen LogP contribution in [0.1, 0.15) is 21.6 Å². The first-order valence-corrected chi connectivity index (χ1v) is 15.2. The van der Waals surface area contributed by atoms with E-state index < -0.39 is 21.5 Å². The van der Waals surface area contributed by atoms with E-state index >= 15 is 0 Å². The molecular formula is C28H29Cl2N3O5S. The molecule has 0 aliphatic carbocycles. The van der Waals surface area contributed by atoms with E-state index in [2.05, 4.69) is 4.98 Å². The van der Waals surface area contributed by atoms with Gasteiger partial charge < -0.3 is 14.7 Å². The quantitative estimate of drug-likeness (QED) is 0.426. The Balaban J connectivity index is 1.62. The van der Waals surface area contributed by atoms with E-state index in [1.54, 1.807) is 29.2 Å². The summed E-state index contributed by atoms with van der Waals surface area (Å²) in [5.74, 6) is -0.727. The van der Waals surface area contributed by atoms with Gasteiger partial charge in [0.2, 0.25) is 0 Å². The Morgan fingerprint density at radius 2 is 1.74 bits per heavy atom. The second-order valence-electron chi connectivity index (χ2n) is 9.83. The predicted molar refractivity (Wildman–Crippen MR) is 150 cm³/mol. The summed E-state index contributed by atoms with van der Waals surface area (Å²) in [5.41, 5.74) is 1.94. The molecule has 1 N–H and O–H groups in total. The van der Waals surface area contributed by atoms with Gasteiger partial charge in [0.15, 0.2) is 15.6 Å². The number of halogens is 2. The van der Waals surface area contributed by atoms with E-state index in [1.165, 1.54) is 13.3 Å². The van der Waals surface area contributed by atoms with Crippen molar-refractivity contribution >= 4 is 38.9 Å². The van der Waals surface area contributed by atoms with Crippen molar-refractivity contribution in [2.45, 2.75) is 12.3 Å². The average molecular weight is 591 g/mol. The Labute approximate surface area is 238 Å². The lowest BCUT2D eigenvalue weighted by Gasteiger charge is -2.45. The second-order valence-corrected chi connectivity index (χ2v) is 13.0. The molecule has 2 aliphatic rings. The highest BCUT2D eigenvalue weighted by Crippen LogP contribution is 2.49. The number of rotatable bonds is 8. The average Bonchev–Trinajstić information content (AvgIpc) is 3.17. The zero-order chi connectivity index (χ0) is 27.8. The van der Waals surface area contributed by atoms with Gasteiger partial charge in [0.05, 0.1) is 40.9 Å². The van der Waals surface area contributed by atoms with Crippen LogP contribution in [0.4, 0.5) is 0 Å². The van der Waals surface area contributed by atoms with Crippen LogP contribution in [-0.2, 0) is 26.8 Å². The fourth-order valence-electron chi connectivity index (χ4n) is 5.61. The number of carbonyl (C=O) groups is 1. The highest BCUT2D eigenvalue weighted by molar-refractivity contribution is 7.91. The lowest BCUT2D eigenvalue weighted by molar-refractivity contribution is -0.172. The molecule has 3 heterocycles. The van der Waals surface area contributed by atoms with E-state index in [-0.39, 0.29) is 30.6 Å². The highest BCUT2D eigenvalue weighted by atomic mass is 35.5. The molecular weight excluding hydrogens is 561 g/mol. The number of aromatic nitrogens is 1. The molecule has 1 saturated heterocycles. The van der Waals surface area contributed by atoms with Crippen molar-refractivity contribution in [2.75, 3.05) is 44.9 Å². The molecule has 8 nitrogen and oxygen atoms in total. The van der Waals surface area contributed by atoms with Gasteiger partial charge in [-0.2, -0.15) is 0 Å². The SMILES string of the molecule is CO[C@]1(C(CO)CN2CCS(=O)(=O)CC2)c2cccc(-c3ccc(Cl)cc3)c2C(=O)N1Cc1ccc(Cl)cn1. The number of methoxy groups -OCH3 is 1. The number of hydrogen-bond donors (Lipinski definition) is 1. The standard InChI is InChI=1S/C28H29Cl2N3O5S/c1-38-28(20(18-34)16-32-11-13-39(36,37)14-12-32)25-4-2-3-24(19-5-7-21(29)8-6-19)26(25)27(35)33(28)17-23-10-9-22(30)15-31-23/h2-10,15,20,34H,11-14,16-18H2,1H3/t20?,28-/m1/s1. The molecule has 1 unspecified atom stereocenters. The van der Waals surface area contributed by atoms with E-state index in [0.29, 0.717) is 46.5 Å². The summed E-state index contributed by atoms with van der Waals surface area (Å²) in [5, 5.41) is 11.8. The fourth-order valence-corrected chi connectivity index (χ4v) is 7.13. The van der Waals surface area contributed by atoms with Crippen LogP contribution in [-0.4, -0.2) is 79.1 Å². The van der Waals surface area contributed by atoms with Crippen LogP contribution < -0.4 is 0 Å². The summed E-state index contributed by atoms with van der Waals surface area (Å²) in [7, 11) is -1.55. The highest BCUT2D eigenvalue weighted by Gasteiger charge is 2.56. The minimum absolute atomic E-state index is 0.0553. The van der Waals surface area contributed by atoms with Crippen molar-refractivity contribution < 1.29 is 23.1 Å². The smallest absolute Gasteiger partial charge is 0.257 e. The number of nitrogens with zero attached hydrogens (tertiary/aromatic N) is 3. The number of pyridine rings is 1. The number of hydrogen-bond acceptors (Lipinski definition) is 7. The third-order valence-corrected chi connectivity index (χ3v) is 9.66. The Bertz CT molecular complexity index is 1450. The van der Waals surface area contributed by atoms with E-state index in [9.17, 15) is 18.3 Å². The number of aliphatic hydroxyl groups is 1. The first kappa shape index (κ1) is 28.0. The van der Waals surface area contributed by atoms with Crippen LogP contribution in [0, 0.1) is 5.92 Å². The molecule has 3 aromatic rings. The number of aliphatic hydroxyl groups excluding tert-OH is 1. The van der Waals surface area contributed by atoms with Crippen molar-refractivity contribution in [3.63, 3.8) is 0 Å². The molecule has 0 bridgehead atoms. The van der Waals surface area contributed by atoms with Crippen LogP contribution in [0.15, 0.2) is 60.8 Å². The normalized spacial score (nSPS) is 21.6. The van der Waals surface area contributed by atoms with Gasteiger partial charge in [-0.15, -0.1) is 0 Å². The Hall–Kier alpha value is -2.53. The molecule has 2 aromatic carbocycles. The largest absolute Gasteiger partial charge is 0.396 e. The van der Waals surface area contributed by atoms with Gasteiger partial charge in [0, 0.05) is 49.4 Å². The Morgan fingerprint density at radius 3 is 2.36 bits per heavy atom. The number of fused-ring (bicyclic) bond motifs is 1. The third-order valence-electron chi connectivity index (χ3n) is 7.57. The lowest BCUT2D eigenvalue weighted by atomic mass is 9.85. The van der Waals surface area contributed by atoms with Crippen LogP contribution in [0.2, 0.25) is 10.0 Å². The maximum atomic E-state index is 14.3. The molecule has 0 radical (unpaired) electrons. The fraction of sp³-hybridized carbons (Fsp3) is 0.357. The molecule has 11 heteroatoms. The third kappa shape index (κ3) is 5.31. The van der Waals surface area contributed by atoms with Crippen LogP contribution >= 0.6 is 23.2 Å². The van der Waals surface area contributed by atoms with Gasteiger partial charge in [0.25, 0.3) is 5.91 Å². The molecule has 5 rings (SSSR count). The predicted octanol–water partition coefficient (Wildman–Crippen LogP) is 3.85. The van der Waals surface area contributed by atoms with Crippen molar-refractivity contribution in [3.8, 4) is 11.1 Å². The molecule has 0 saturated carbocycles. The first-order valence-electron chi connectivity index (χ1n) is 12.6.